The third-order valence-corrected chi connectivity index (χ3v) is 5.83. The molecule has 5 unspecified atom stereocenters. The summed E-state index contributed by atoms with van der Waals surface area (Å²) in [6.45, 7) is 4.71. The van der Waals surface area contributed by atoms with E-state index in [2.05, 4.69) is 19.0 Å². The Hall–Kier alpha value is -0.530. The first-order valence-electron chi connectivity index (χ1n) is 6.29. The number of hydrogen-bond acceptors (Lipinski definition) is 2. The van der Waals surface area contributed by atoms with Gasteiger partial charge in [0.05, 0.1) is 0 Å². The second-order valence-corrected chi connectivity index (χ2v) is 6.49. The normalized spacial score (nSPS) is 57.9. The maximum absolute atomic E-state index is 8.84. The average molecular weight is 207 g/mol. The van der Waals surface area contributed by atoms with Gasteiger partial charge in [-0.05, 0) is 55.3 Å². The lowest BCUT2D eigenvalue weighted by atomic mass is 9.68. The summed E-state index contributed by atoms with van der Waals surface area (Å²) in [6, 6.07) is 0. The molecule has 15 heavy (non-hydrogen) atoms. The van der Waals surface area contributed by atoms with Crippen molar-refractivity contribution in [2.24, 2.45) is 33.7 Å². The van der Waals surface area contributed by atoms with Crippen LogP contribution < -0.4 is 0 Å². The smallest absolute Gasteiger partial charge is 0.0498 e. The van der Waals surface area contributed by atoms with Crippen LogP contribution in [0.2, 0.25) is 0 Å². The van der Waals surface area contributed by atoms with Crippen LogP contribution in [0.1, 0.15) is 46.0 Å². The standard InChI is InChI=1S/C13H21NO/c1-9-6-12(2,8-14-15)11-5-10-3-4-13(9,11)7-10/h8-11,15H,3-7H2,1-2H3/b14-8+. The van der Waals surface area contributed by atoms with Gasteiger partial charge in [-0.15, -0.1) is 5.16 Å². The Morgan fingerprint density at radius 1 is 1.40 bits per heavy atom. The van der Waals surface area contributed by atoms with E-state index in [9.17, 15) is 0 Å². The Labute approximate surface area is 91.7 Å². The molecule has 2 bridgehead atoms. The van der Waals surface area contributed by atoms with Crippen molar-refractivity contribution in [1.82, 2.24) is 0 Å². The lowest BCUT2D eigenvalue weighted by molar-refractivity contribution is 0.142. The third kappa shape index (κ3) is 1.03. The lowest BCUT2D eigenvalue weighted by Crippen LogP contribution is -2.32. The minimum Gasteiger partial charge on any atom is -0.411 e. The Kier molecular flexibility index (Phi) is 1.79. The predicted molar refractivity (Wildman–Crippen MR) is 60.0 cm³/mol. The van der Waals surface area contributed by atoms with Gasteiger partial charge in [0.15, 0.2) is 0 Å². The first-order valence-corrected chi connectivity index (χ1v) is 6.29. The van der Waals surface area contributed by atoms with Gasteiger partial charge in [-0.2, -0.15) is 0 Å². The summed E-state index contributed by atoms with van der Waals surface area (Å²) in [5.74, 6) is 2.58. The number of fused-ring (bicyclic) bond motifs is 1. The Balaban J connectivity index is 2.00. The van der Waals surface area contributed by atoms with Crippen molar-refractivity contribution in [3.8, 4) is 0 Å². The summed E-state index contributed by atoms with van der Waals surface area (Å²) in [5.41, 5.74) is 0.782. The second-order valence-electron chi connectivity index (χ2n) is 6.49. The summed E-state index contributed by atoms with van der Waals surface area (Å²) in [4.78, 5) is 0. The van der Waals surface area contributed by atoms with Gasteiger partial charge in [0, 0.05) is 11.6 Å². The average Bonchev–Trinajstić information content (AvgIpc) is 2.79. The van der Waals surface area contributed by atoms with Gasteiger partial charge in [0.1, 0.15) is 0 Å². The van der Waals surface area contributed by atoms with Crippen LogP contribution in [-0.2, 0) is 0 Å². The van der Waals surface area contributed by atoms with Crippen molar-refractivity contribution in [1.29, 1.82) is 0 Å². The van der Waals surface area contributed by atoms with E-state index in [1.165, 1.54) is 32.1 Å². The van der Waals surface area contributed by atoms with E-state index in [1.54, 1.807) is 0 Å². The SMILES string of the molecule is CC1CC(C)(/C=N/O)C2CC3CCC12C3. The van der Waals surface area contributed by atoms with Gasteiger partial charge >= 0.3 is 0 Å². The molecular weight excluding hydrogens is 186 g/mol. The van der Waals surface area contributed by atoms with Gasteiger partial charge in [-0.1, -0.05) is 13.8 Å². The van der Waals surface area contributed by atoms with Gasteiger partial charge in [-0.3, -0.25) is 0 Å². The molecule has 3 aliphatic rings. The molecule has 0 radical (unpaired) electrons. The summed E-state index contributed by atoms with van der Waals surface area (Å²) >= 11 is 0. The molecular formula is C13H21NO. The lowest BCUT2D eigenvalue weighted by Gasteiger charge is -2.36. The molecule has 0 aromatic heterocycles. The largest absolute Gasteiger partial charge is 0.411 e. The Morgan fingerprint density at radius 3 is 2.87 bits per heavy atom. The first kappa shape index (κ1) is 9.68. The van der Waals surface area contributed by atoms with Crippen LogP contribution in [0.4, 0.5) is 0 Å². The minimum atomic E-state index is 0.170. The fourth-order valence-electron chi connectivity index (χ4n) is 5.30. The molecule has 0 saturated heterocycles. The molecule has 3 fully saturated rings. The van der Waals surface area contributed by atoms with Crippen molar-refractivity contribution in [2.45, 2.75) is 46.0 Å². The molecule has 5 atom stereocenters. The van der Waals surface area contributed by atoms with Crippen LogP contribution in [0, 0.1) is 28.6 Å². The zero-order valence-electron chi connectivity index (χ0n) is 9.74. The Bertz CT molecular complexity index is 314. The van der Waals surface area contributed by atoms with Crippen molar-refractivity contribution in [3.63, 3.8) is 0 Å². The number of hydrogen-bond donors (Lipinski definition) is 1. The molecule has 1 spiro atoms. The third-order valence-electron chi connectivity index (χ3n) is 5.83. The minimum absolute atomic E-state index is 0.170. The number of rotatable bonds is 1. The maximum atomic E-state index is 8.84. The van der Waals surface area contributed by atoms with Gasteiger partial charge < -0.3 is 5.21 Å². The zero-order valence-corrected chi connectivity index (χ0v) is 9.74. The van der Waals surface area contributed by atoms with E-state index < -0.39 is 0 Å². The summed E-state index contributed by atoms with van der Waals surface area (Å²) < 4.78 is 0. The van der Waals surface area contributed by atoms with E-state index in [0.29, 0.717) is 5.41 Å². The summed E-state index contributed by atoms with van der Waals surface area (Å²) in [5, 5.41) is 12.2. The van der Waals surface area contributed by atoms with Crippen molar-refractivity contribution in [2.75, 3.05) is 0 Å². The molecule has 1 N–H and O–H groups in total. The molecule has 0 aromatic carbocycles. The topological polar surface area (TPSA) is 32.6 Å². The van der Waals surface area contributed by atoms with Crippen molar-refractivity contribution in [3.05, 3.63) is 0 Å². The highest BCUT2D eigenvalue weighted by Crippen LogP contribution is 2.71. The van der Waals surface area contributed by atoms with E-state index in [4.69, 9.17) is 5.21 Å². The van der Waals surface area contributed by atoms with E-state index >= 15 is 0 Å². The fraction of sp³-hybridized carbons (Fsp3) is 0.923. The van der Waals surface area contributed by atoms with Gasteiger partial charge in [0.25, 0.3) is 0 Å². The van der Waals surface area contributed by atoms with Crippen LogP contribution >= 0.6 is 0 Å². The molecule has 0 amide bonds. The van der Waals surface area contributed by atoms with E-state index in [-0.39, 0.29) is 5.41 Å². The fourth-order valence-corrected chi connectivity index (χ4v) is 5.30. The van der Waals surface area contributed by atoms with E-state index in [1.807, 2.05) is 6.21 Å². The molecule has 3 saturated carbocycles. The molecule has 2 nitrogen and oxygen atoms in total. The molecule has 0 aliphatic heterocycles. The Morgan fingerprint density at radius 2 is 2.20 bits per heavy atom. The molecule has 84 valence electrons. The van der Waals surface area contributed by atoms with Crippen LogP contribution in [0.3, 0.4) is 0 Å². The highest BCUT2D eigenvalue weighted by atomic mass is 16.4. The van der Waals surface area contributed by atoms with Crippen LogP contribution in [0.15, 0.2) is 5.16 Å². The second kappa shape index (κ2) is 2.78. The predicted octanol–water partition coefficient (Wildman–Crippen LogP) is 3.30. The van der Waals surface area contributed by atoms with Crippen LogP contribution in [0.25, 0.3) is 0 Å². The van der Waals surface area contributed by atoms with Gasteiger partial charge in [-0.25, -0.2) is 0 Å². The number of oxime groups is 1. The van der Waals surface area contributed by atoms with Crippen LogP contribution in [0.5, 0.6) is 0 Å². The first-order chi connectivity index (χ1) is 7.11. The highest BCUT2D eigenvalue weighted by Gasteiger charge is 2.64. The summed E-state index contributed by atoms with van der Waals surface area (Å²) in [7, 11) is 0. The maximum Gasteiger partial charge on any atom is 0.0498 e. The van der Waals surface area contributed by atoms with Gasteiger partial charge in [0.2, 0.25) is 0 Å². The monoisotopic (exact) mass is 207 g/mol. The van der Waals surface area contributed by atoms with Crippen molar-refractivity contribution >= 4 is 6.21 Å². The van der Waals surface area contributed by atoms with Crippen molar-refractivity contribution < 1.29 is 5.21 Å². The zero-order chi connectivity index (χ0) is 10.7. The highest BCUT2D eigenvalue weighted by molar-refractivity contribution is 5.66. The molecule has 2 heteroatoms. The quantitative estimate of drug-likeness (QED) is 0.399. The molecule has 0 aromatic rings. The molecule has 0 heterocycles. The van der Waals surface area contributed by atoms with E-state index in [0.717, 1.165) is 17.8 Å². The molecule has 3 rings (SSSR count). The summed E-state index contributed by atoms with van der Waals surface area (Å²) in [6.07, 6.45) is 8.75. The van der Waals surface area contributed by atoms with Crippen LogP contribution in [-0.4, -0.2) is 11.4 Å². The number of nitrogens with zero attached hydrogens (tertiary/aromatic N) is 1. The molecule has 3 aliphatic carbocycles.